The summed E-state index contributed by atoms with van der Waals surface area (Å²) in [5, 5.41) is 9.17. The second-order valence-corrected chi connectivity index (χ2v) is 6.61. The van der Waals surface area contributed by atoms with Crippen LogP contribution < -0.4 is 5.73 Å². The molecule has 0 saturated heterocycles. The van der Waals surface area contributed by atoms with E-state index >= 15 is 0 Å². The zero-order valence-corrected chi connectivity index (χ0v) is 12.2. The van der Waals surface area contributed by atoms with Gasteiger partial charge in [0.05, 0.1) is 0 Å². The van der Waals surface area contributed by atoms with Crippen LogP contribution in [-0.2, 0) is 4.79 Å². The predicted octanol–water partition coefficient (Wildman–Crippen LogP) is 2.98. The van der Waals surface area contributed by atoms with Crippen molar-refractivity contribution in [3.63, 3.8) is 0 Å². The Morgan fingerprint density at radius 2 is 2.06 bits per heavy atom. The van der Waals surface area contributed by atoms with Crippen molar-refractivity contribution in [3.05, 3.63) is 29.3 Å². The Kier molecular flexibility index (Phi) is 4.82. The summed E-state index contributed by atoms with van der Waals surface area (Å²) < 4.78 is 0. The molecule has 3 N–H and O–H groups in total. The quantitative estimate of drug-likeness (QED) is 0.805. The van der Waals surface area contributed by atoms with Crippen molar-refractivity contribution in [1.29, 1.82) is 0 Å². The van der Waals surface area contributed by atoms with Crippen LogP contribution in [0.15, 0.2) is 23.1 Å². The van der Waals surface area contributed by atoms with Crippen LogP contribution in [0.4, 0.5) is 0 Å². The van der Waals surface area contributed by atoms with E-state index in [0.717, 1.165) is 4.90 Å². The van der Waals surface area contributed by atoms with Gasteiger partial charge in [-0.05, 0) is 50.5 Å². The number of carbonyl (C=O) groups is 1. The maximum absolute atomic E-state index is 11.0. The minimum Gasteiger partial charge on any atom is -0.480 e. The summed E-state index contributed by atoms with van der Waals surface area (Å²) in [5.74, 6) is -0.949. The van der Waals surface area contributed by atoms with Gasteiger partial charge in [-0.25, -0.2) is 0 Å². The first kappa shape index (κ1) is 15.1. The summed E-state index contributed by atoms with van der Waals surface area (Å²) in [6.07, 6.45) is 0.444. The lowest BCUT2D eigenvalue weighted by atomic mass is 9.98. The molecular formula is C14H21NO2S. The fourth-order valence-electron chi connectivity index (χ4n) is 1.75. The summed E-state index contributed by atoms with van der Waals surface area (Å²) in [4.78, 5) is 12.1. The van der Waals surface area contributed by atoms with Gasteiger partial charge in [-0.15, -0.1) is 11.8 Å². The van der Waals surface area contributed by atoms with Gasteiger partial charge in [0, 0.05) is 10.1 Å². The maximum Gasteiger partial charge on any atom is 0.323 e. The molecule has 1 aromatic rings. The van der Waals surface area contributed by atoms with E-state index in [2.05, 4.69) is 32.0 Å². The van der Waals surface area contributed by atoms with Gasteiger partial charge in [0.25, 0.3) is 0 Å². The highest BCUT2D eigenvalue weighted by Gasteiger charge is 2.30. The van der Waals surface area contributed by atoms with E-state index < -0.39 is 11.5 Å². The van der Waals surface area contributed by atoms with Gasteiger partial charge >= 0.3 is 5.97 Å². The number of hydrogen-bond acceptors (Lipinski definition) is 3. The zero-order chi connectivity index (χ0) is 13.9. The first-order valence-electron chi connectivity index (χ1n) is 5.98. The molecule has 0 aliphatic heterocycles. The molecule has 0 amide bonds. The maximum atomic E-state index is 11.0. The summed E-state index contributed by atoms with van der Waals surface area (Å²) in [7, 11) is 0. The molecule has 0 radical (unpaired) electrons. The highest BCUT2D eigenvalue weighted by atomic mass is 32.2. The molecule has 4 heteroatoms. The number of carboxylic acid groups (broad SMARTS) is 1. The zero-order valence-electron chi connectivity index (χ0n) is 11.4. The van der Waals surface area contributed by atoms with E-state index in [9.17, 15) is 4.79 Å². The third kappa shape index (κ3) is 4.03. The molecule has 0 fully saturated rings. The van der Waals surface area contributed by atoms with Crippen molar-refractivity contribution in [3.8, 4) is 0 Å². The highest BCUT2D eigenvalue weighted by Crippen LogP contribution is 2.29. The molecule has 1 rings (SSSR count). The number of thioether (sulfide) groups is 1. The van der Waals surface area contributed by atoms with E-state index in [-0.39, 0.29) is 5.25 Å². The first-order chi connectivity index (χ1) is 8.22. The molecule has 18 heavy (non-hydrogen) atoms. The Bertz CT molecular complexity index is 443. The molecule has 3 nitrogen and oxygen atoms in total. The average Bonchev–Trinajstić information content (AvgIpc) is 2.22. The lowest BCUT2D eigenvalue weighted by Gasteiger charge is -2.23. The summed E-state index contributed by atoms with van der Waals surface area (Å²) in [6, 6.07) is 6.28. The third-order valence-electron chi connectivity index (χ3n) is 3.02. The number of hydrogen-bond donors (Lipinski definition) is 2. The van der Waals surface area contributed by atoms with Crippen molar-refractivity contribution < 1.29 is 9.90 Å². The van der Waals surface area contributed by atoms with Crippen LogP contribution in [-0.4, -0.2) is 21.9 Å². The van der Waals surface area contributed by atoms with Gasteiger partial charge in [0.2, 0.25) is 0 Å². The van der Waals surface area contributed by atoms with E-state index in [1.807, 2.05) is 6.92 Å². The molecule has 0 spiro atoms. The van der Waals surface area contributed by atoms with E-state index in [1.165, 1.54) is 11.1 Å². The number of rotatable bonds is 5. The van der Waals surface area contributed by atoms with Crippen LogP contribution in [0, 0.1) is 13.8 Å². The normalized spacial score (nSPS) is 16.1. The molecule has 1 aromatic carbocycles. The predicted molar refractivity (Wildman–Crippen MR) is 76.1 cm³/mol. The van der Waals surface area contributed by atoms with E-state index in [4.69, 9.17) is 10.8 Å². The minimum atomic E-state index is -1.16. The Labute approximate surface area is 113 Å². The molecule has 0 aliphatic rings. The number of nitrogens with two attached hydrogens (primary N) is 1. The molecule has 100 valence electrons. The van der Waals surface area contributed by atoms with Crippen molar-refractivity contribution in [2.24, 2.45) is 5.73 Å². The SMILES string of the molecule is Cc1ccc(SC(C)CC(C)(N)C(=O)O)cc1C. The highest BCUT2D eigenvalue weighted by molar-refractivity contribution is 7.99. The second kappa shape index (κ2) is 5.76. The number of aliphatic carboxylic acids is 1. The summed E-state index contributed by atoms with van der Waals surface area (Å²) >= 11 is 1.67. The Morgan fingerprint density at radius 1 is 1.44 bits per heavy atom. The molecule has 0 aromatic heterocycles. The number of carboxylic acids is 1. The van der Waals surface area contributed by atoms with Crippen LogP contribution in [0.2, 0.25) is 0 Å². The van der Waals surface area contributed by atoms with Crippen LogP contribution in [0.3, 0.4) is 0 Å². The lowest BCUT2D eigenvalue weighted by molar-refractivity contribution is -0.142. The van der Waals surface area contributed by atoms with Crippen LogP contribution >= 0.6 is 11.8 Å². The second-order valence-electron chi connectivity index (χ2n) is 5.10. The van der Waals surface area contributed by atoms with Crippen molar-refractivity contribution >= 4 is 17.7 Å². The van der Waals surface area contributed by atoms with E-state index in [1.54, 1.807) is 18.7 Å². The smallest absolute Gasteiger partial charge is 0.323 e. The number of benzene rings is 1. The Balaban J connectivity index is 2.67. The van der Waals surface area contributed by atoms with Crippen LogP contribution in [0.1, 0.15) is 31.4 Å². The molecular weight excluding hydrogens is 246 g/mol. The largest absolute Gasteiger partial charge is 0.480 e. The first-order valence-corrected chi connectivity index (χ1v) is 6.86. The standard InChI is InChI=1S/C14H21NO2S/c1-9-5-6-12(7-10(9)2)18-11(3)8-14(4,15)13(16)17/h5-7,11H,8,15H2,1-4H3,(H,16,17). The molecule has 2 atom stereocenters. The van der Waals surface area contributed by atoms with Crippen molar-refractivity contribution in [1.82, 2.24) is 0 Å². The third-order valence-corrected chi connectivity index (χ3v) is 4.11. The molecule has 0 saturated carbocycles. The molecule has 2 unspecified atom stereocenters. The lowest BCUT2D eigenvalue weighted by Crippen LogP contribution is -2.46. The monoisotopic (exact) mass is 267 g/mol. The fourth-order valence-corrected chi connectivity index (χ4v) is 3.03. The average molecular weight is 267 g/mol. The van der Waals surface area contributed by atoms with Gasteiger partial charge in [-0.3, -0.25) is 4.79 Å². The molecule has 0 aliphatic carbocycles. The Morgan fingerprint density at radius 3 is 2.56 bits per heavy atom. The van der Waals surface area contributed by atoms with Gasteiger partial charge in [-0.2, -0.15) is 0 Å². The summed E-state index contributed by atoms with van der Waals surface area (Å²) in [5.41, 5.74) is 7.11. The molecule has 0 heterocycles. The Hall–Kier alpha value is -1.00. The fraction of sp³-hybridized carbons (Fsp3) is 0.500. The van der Waals surface area contributed by atoms with E-state index in [0.29, 0.717) is 6.42 Å². The minimum absolute atomic E-state index is 0.165. The van der Waals surface area contributed by atoms with Gasteiger partial charge in [-0.1, -0.05) is 13.0 Å². The van der Waals surface area contributed by atoms with Gasteiger partial charge in [0.1, 0.15) is 5.54 Å². The van der Waals surface area contributed by atoms with Crippen molar-refractivity contribution in [2.45, 2.75) is 49.8 Å². The topological polar surface area (TPSA) is 63.3 Å². The van der Waals surface area contributed by atoms with Gasteiger partial charge < -0.3 is 10.8 Å². The number of aryl methyl sites for hydroxylation is 2. The summed E-state index contributed by atoms with van der Waals surface area (Å²) in [6.45, 7) is 7.73. The van der Waals surface area contributed by atoms with Crippen LogP contribution in [0.25, 0.3) is 0 Å². The van der Waals surface area contributed by atoms with Crippen LogP contribution in [0.5, 0.6) is 0 Å². The molecule has 0 bridgehead atoms. The van der Waals surface area contributed by atoms with Crippen molar-refractivity contribution in [2.75, 3.05) is 0 Å². The van der Waals surface area contributed by atoms with Gasteiger partial charge in [0.15, 0.2) is 0 Å².